The highest BCUT2D eigenvalue weighted by Crippen LogP contribution is 2.34. The smallest absolute Gasteiger partial charge is 0.317 e. The molecule has 0 bridgehead atoms. The minimum Gasteiger partial charge on any atom is -0.480 e. The van der Waals surface area contributed by atoms with Crippen LogP contribution in [0.3, 0.4) is 0 Å². The van der Waals surface area contributed by atoms with Crippen molar-refractivity contribution in [3.8, 4) is 0 Å². The van der Waals surface area contributed by atoms with Gasteiger partial charge in [-0.2, -0.15) is 0 Å². The lowest BCUT2D eigenvalue weighted by molar-refractivity contribution is -0.138. The third-order valence-corrected chi connectivity index (χ3v) is 3.13. The first-order valence-electron chi connectivity index (χ1n) is 5.74. The number of hydrogen-bond acceptors (Lipinski definition) is 3. The number of nitrogens with zero attached hydrogens (tertiary/aromatic N) is 2. The van der Waals surface area contributed by atoms with Crippen LogP contribution in [0.5, 0.6) is 0 Å². The summed E-state index contributed by atoms with van der Waals surface area (Å²) in [5, 5.41) is 8.59. The number of likely N-dealkylation sites (tertiary alicyclic amines) is 1. The van der Waals surface area contributed by atoms with Gasteiger partial charge in [-0.1, -0.05) is 0 Å². The van der Waals surface area contributed by atoms with Gasteiger partial charge in [0.25, 0.3) is 5.92 Å². The highest BCUT2D eigenvalue weighted by Gasteiger charge is 2.48. The molecule has 0 radical (unpaired) electrons. The van der Waals surface area contributed by atoms with Gasteiger partial charge in [0.15, 0.2) is 0 Å². The fraction of sp³-hybridized carbons (Fsp3) is 0.909. The zero-order chi connectivity index (χ0) is 13.2. The van der Waals surface area contributed by atoms with E-state index in [4.69, 9.17) is 5.11 Å². The second-order valence-electron chi connectivity index (χ2n) is 5.07. The van der Waals surface area contributed by atoms with Crippen LogP contribution in [0, 0.1) is 5.92 Å². The first-order valence-corrected chi connectivity index (χ1v) is 5.74. The molecule has 1 heterocycles. The monoisotopic (exact) mass is 250 g/mol. The van der Waals surface area contributed by atoms with Gasteiger partial charge in [-0.3, -0.25) is 14.6 Å². The van der Waals surface area contributed by atoms with Crippen molar-refractivity contribution in [3.05, 3.63) is 0 Å². The molecule has 0 spiro atoms. The number of aliphatic carboxylic acids is 1. The fourth-order valence-electron chi connectivity index (χ4n) is 2.14. The Morgan fingerprint density at radius 1 is 1.59 bits per heavy atom. The van der Waals surface area contributed by atoms with E-state index in [-0.39, 0.29) is 25.7 Å². The second kappa shape index (κ2) is 5.27. The summed E-state index contributed by atoms with van der Waals surface area (Å²) in [4.78, 5) is 13.6. The van der Waals surface area contributed by atoms with Gasteiger partial charge < -0.3 is 5.11 Å². The molecule has 17 heavy (non-hydrogen) atoms. The number of likely N-dealkylation sites (N-methyl/N-ethyl adjacent to an activating group) is 1. The Morgan fingerprint density at radius 3 is 2.59 bits per heavy atom. The Kier molecular flexibility index (Phi) is 4.43. The number of carboxylic acids is 1. The molecule has 4 nitrogen and oxygen atoms in total. The van der Waals surface area contributed by atoms with Crippen molar-refractivity contribution < 1.29 is 18.7 Å². The van der Waals surface area contributed by atoms with E-state index in [1.165, 1.54) is 4.90 Å². The lowest BCUT2D eigenvalue weighted by atomic mass is 10.1. The summed E-state index contributed by atoms with van der Waals surface area (Å²) < 4.78 is 27.4. The van der Waals surface area contributed by atoms with E-state index in [1.807, 2.05) is 13.8 Å². The van der Waals surface area contributed by atoms with E-state index in [1.54, 1.807) is 11.9 Å². The highest BCUT2D eigenvalue weighted by atomic mass is 19.3. The average molecular weight is 250 g/mol. The summed E-state index contributed by atoms with van der Waals surface area (Å²) in [6.07, 6.45) is 0. The summed E-state index contributed by atoms with van der Waals surface area (Å²) in [6.45, 7) is 3.79. The Morgan fingerprint density at radius 2 is 2.18 bits per heavy atom. The molecule has 1 N–H and O–H groups in total. The van der Waals surface area contributed by atoms with Crippen molar-refractivity contribution in [2.75, 3.05) is 33.2 Å². The maximum atomic E-state index is 13.7. The quantitative estimate of drug-likeness (QED) is 0.790. The molecule has 0 aliphatic carbocycles. The zero-order valence-electron chi connectivity index (χ0n) is 10.5. The van der Waals surface area contributed by atoms with E-state index in [9.17, 15) is 13.6 Å². The summed E-state index contributed by atoms with van der Waals surface area (Å²) in [6, 6.07) is 0.0932. The lowest BCUT2D eigenvalue weighted by Gasteiger charge is -2.23. The van der Waals surface area contributed by atoms with Crippen molar-refractivity contribution in [1.82, 2.24) is 9.80 Å². The van der Waals surface area contributed by atoms with E-state index < -0.39 is 17.8 Å². The topological polar surface area (TPSA) is 43.8 Å². The standard InChI is InChI=1S/C11H20F2N2O2/c1-8(2)15-5-9(11(12,13)7-15)4-14(3)6-10(16)17/h8-9H,4-7H2,1-3H3,(H,16,17). The molecular weight excluding hydrogens is 230 g/mol. The predicted octanol–water partition coefficient (Wildman–Crippen LogP) is 0.978. The Hall–Kier alpha value is -0.750. The van der Waals surface area contributed by atoms with Crippen LogP contribution in [0.25, 0.3) is 0 Å². The van der Waals surface area contributed by atoms with Crippen LogP contribution in [0.4, 0.5) is 8.78 Å². The Bertz CT molecular complexity index is 285. The number of rotatable bonds is 5. The largest absolute Gasteiger partial charge is 0.480 e. The summed E-state index contributed by atoms with van der Waals surface area (Å²) in [5.74, 6) is -4.50. The number of halogens is 2. The third kappa shape index (κ3) is 3.89. The number of alkyl halides is 2. The molecule has 0 saturated carbocycles. The molecule has 0 aromatic rings. The normalized spacial score (nSPS) is 24.8. The minimum atomic E-state index is -2.73. The molecule has 1 unspecified atom stereocenters. The number of carboxylic acid groups (broad SMARTS) is 1. The molecule has 1 aliphatic rings. The Balaban J connectivity index is 2.56. The third-order valence-electron chi connectivity index (χ3n) is 3.13. The first-order chi connectivity index (χ1) is 7.72. The van der Waals surface area contributed by atoms with Crippen molar-refractivity contribution in [2.45, 2.75) is 25.8 Å². The molecule has 1 rings (SSSR count). The molecule has 1 atom stereocenters. The zero-order valence-corrected chi connectivity index (χ0v) is 10.5. The van der Waals surface area contributed by atoms with E-state index >= 15 is 0 Å². The van der Waals surface area contributed by atoms with Crippen LogP contribution in [-0.4, -0.2) is 66.1 Å². The van der Waals surface area contributed by atoms with Crippen LogP contribution in [0.1, 0.15) is 13.8 Å². The molecule has 1 fully saturated rings. The van der Waals surface area contributed by atoms with Crippen LogP contribution in [0.15, 0.2) is 0 Å². The minimum absolute atomic E-state index is 0.0932. The lowest BCUT2D eigenvalue weighted by Crippen LogP contribution is -2.38. The first kappa shape index (κ1) is 14.3. The van der Waals surface area contributed by atoms with Crippen LogP contribution < -0.4 is 0 Å². The van der Waals surface area contributed by atoms with E-state index in [0.29, 0.717) is 6.54 Å². The van der Waals surface area contributed by atoms with Gasteiger partial charge in [0.2, 0.25) is 0 Å². The Labute approximate surface area is 100 Å². The maximum Gasteiger partial charge on any atom is 0.317 e. The van der Waals surface area contributed by atoms with Crippen molar-refractivity contribution in [3.63, 3.8) is 0 Å². The average Bonchev–Trinajstić information content (AvgIpc) is 2.40. The molecule has 0 aromatic carbocycles. The van der Waals surface area contributed by atoms with Gasteiger partial charge in [-0.15, -0.1) is 0 Å². The molecule has 0 aromatic heterocycles. The molecule has 6 heteroatoms. The second-order valence-corrected chi connectivity index (χ2v) is 5.07. The molecule has 100 valence electrons. The van der Waals surface area contributed by atoms with Crippen molar-refractivity contribution in [1.29, 1.82) is 0 Å². The maximum absolute atomic E-state index is 13.7. The predicted molar refractivity (Wildman–Crippen MR) is 60.3 cm³/mol. The van der Waals surface area contributed by atoms with Gasteiger partial charge in [-0.05, 0) is 20.9 Å². The number of hydrogen-bond donors (Lipinski definition) is 1. The summed E-state index contributed by atoms with van der Waals surface area (Å²) in [7, 11) is 1.56. The van der Waals surface area contributed by atoms with Crippen LogP contribution in [-0.2, 0) is 4.79 Å². The van der Waals surface area contributed by atoms with Crippen molar-refractivity contribution in [2.24, 2.45) is 5.92 Å². The SMILES string of the molecule is CC(C)N1CC(CN(C)CC(=O)O)C(F)(F)C1. The fourth-order valence-corrected chi connectivity index (χ4v) is 2.14. The van der Waals surface area contributed by atoms with Gasteiger partial charge in [0.1, 0.15) is 0 Å². The van der Waals surface area contributed by atoms with E-state index in [0.717, 1.165) is 0 Å². The molecule has 0 amide bonds. The molecular formula is C11H20F2N2O2. The van der Waals surface area contributed by atoms with Crippen molar-refractivity contribution >= 4 is 5.97 Å². The van der Waals surface area contributed by atoms with Crippen LogP contribution >= 0.6 is 0 Å². The summed E-state index contributed by atoms with van der Waals surface area (Å²) >= 11 is 0. The van der Waals surface area contributed by atoms with E-state index in [2.05, 4.69) is 0 Å². The van der Waals surface area contributed by atoms with Gasteiger partial charge in [0.05, 0.1) is 13.1 Å². The molecule has 1 aliphatic heterocycles. The molecule has 1 saturated heterocycles. The number of carbonyl (C=O) groups is 1. The van der Waals surface area contributed by atoms with Gasteiger partial charge in [-0.25, -0.2) is 8.78 Å². The van der Waals surface area contributed by atoms with Crippen LogP contribution in [0.2, 0.25) is 0 Å². The highest BCUT2D eigenvalue weighted by molar-refractivity contribution is 5.69. The van der Waals surface area contributed by atoms with Gasteiger partial charge in [0, 0.05) is 25.0 Å². The van der Waals surface area contributed by atoms with Gasteiger partial charge >= 0.3 is 5.97 Å². The summed E-state index contributed by atoms with van der Waals surface area (Å²) in [5.41, 5.74) is 0.